The Morgan fingerprint density at radius 2 is 2.03 bits per heavy atom. The number of furan rings is 1. The number of rotatable bonds is 6. The molecule has 0 aliphatic heterocycles. The van der Waals surface area contributed by atoms with E-state index in [0.717, 1.165) is 36.9 Å². The highest BCUT2D eigenvalue weighted by atomic mass is 32.2. The quantitative estimate of drug-likeness (QED) is 0.264. The van der Waals surface area contributed by atoms with Gasteiger partial charge in [-0.15, -0.1) is 11.3 Å². The minimum Gasteiger partial charge on any atom is -0.448 e. The zero-order valence-electron chi connectivity index (χ0n) is 18.5. The van der Waals surface area contributed by atoms with Crippen LogP contribution in [-0.4, -0.2) is 22.1 Å². The Kier molecular flexibility index (Phi) is 6.46. The van der Waals surface area contributed by atoms with Gasteiger partial charge in [0.25, 0.3) is 11.5 Å². The number of aromatic nitrogens is 2. The van der Waals surface area contributed by atoms with E-state index >= 15 is 0 Å². The van der Waals surface area contributed by atoms with Gasteiger partial charge >= 0.3 is 0 Å². The number of H-pyrrole nitrogens is 1. The average molecular weight is 491 g/mol. The van der Waals surface area contributed by atoms with Crippen LogP contribution in [0.3, 0.4) is 0 Å². The maximum absolute atomic E-state index is 13.2. The maximum atomic E-state index is 13.2. The summed E-state index contributed by atoms with van der Waals surface area (Å²) in [6.45, 7) is 1.77. The summed E-state index contributed by atoms with van der Waals surface area (Å²) in [6, 6.07) is 14.5. The summed E-state index contributed by atoms with van der Waals surface area (Å²) < 4.78 is 5.84. The fourth-order valence-electron chi connectivity index (χ4n) is 3.87. The number of fused-ring (bicyclic) bond motifs is 1. The standard InChI is InChI=1S/C25H22N4O3S2/c1-15-13-20(30)29-25(27-15)34-21-12-11-17(32-21)14-26-24-22(18-9-5-6-10-19(18)33-24)23(31)28-16-7-3-2-4-8-16/h2-4,7-8,11-14H,5-6,9-10H2,1H3,(H,28,31)(H,27,29,30). The molecule has 34 heavy (non-hydrogen) atoms. The van der Waals surface area contributed by atoms with Crippen molar-refractivity contribution in [2.24, 2.45) is 4.99 Å². The highest BCUT2D eigenvalue weighted by molar-refractivity contribution is 7.99. The summed E-state index contributed by atoms with van der Waals surface area (Å²) in [5.41, 5.74) is 2.96. The third kappa shape index (κ3) is 5.05. The number of nitrogens with one attached hydrogen (secondary N) is 2. The summed E-state index contributed by atoms with van der Waals surface area (Å²) >= 11 is 2.81. The van der Waals surface area contributed by atoms with Gasteiger partial charge < -0.3 is 14.7 Å². The minimum absolute atomic E-state index is 0.136. The van der Waals surface area contributed by atoms with Crippen molar-refractivity contribution in [1.29, 1.82) is 0 Å². The van der Waals surface area contributed by atoms with Crippen LogP contribution < -0.4 is 10.9 Å². The zero-order chi connectivity index (χ0) is 23.5. The van der Waals surface area contributed by atoms with E-state index in [4.69, 9.17) is 4.42 Å². The van der Waals surface area contributed by atoms with Gasteiger partial charge in [0.1, 0.15) is 10.8 Å². The summed E-state index contributed by atoms with van der Waals surface area (Å²) in [7, 11) is 0. The number of nitrogens with zero attached hydrogens (tertiary/aromatic N) is 2. The Labute approximate surface area is 204 Å². The topological polar surface area (TPSA) is 100 Å². The average Bonchev–Trinajstić information content (AvgIpc) is 3.41. The van der Waals surface area contributed by atoms with Crippen molar-refractivity contribution in [3.05, 3.63) is 86.3 Å². The zero-order valence-corrected chi connectivity index (χ0v) is 20.1. The van der Waals surface area contributed by atoms with Gasteiger partial charge in [0.2, 0.25) is 0 Å². The molecule has 3 aromatic heterocycles. The number of hydrogen-bond donors (Lipinski definition) is 2. The van der Waals surface area contributed by atoms with Gasteiger partial charge in [-0.05, 0) is 74.2 Å². The lowest BCUT2D eigenvalue weighted by Crippen LogP contribution is -2.14. The number of carbonyl (C=O) groups is 1. The first-order valence-corrected chi connectivity index (χ1v) is 12.6. The smallest absolute Gasteiger partial charge is 0.259 e. The predicted molar refractivity (Wildman–Crippen MR) is 135 cm³/mol. The van der Waals surface area contributed by atoms with Crippen LogP contribution in [0.25, 0.3) is 0 Å². The van der Waals surface area contributed by atoms with Gasteiger partial charge in [-0.3, -0.25) is 9.59 Å². The van der Waals surface area contributed by atoms with Crippen LogP contribution >= 0.6 is 23.1 Å². The molecule has 0 spiro atoms. The van der Waals surface area contributed by atoms with E-state index in [0.29, 0.717) is 32.3 Å². The molecule has 0 unspecified atom stereocenters. The highest BCUT2D eigenvalue weighted by Gasteiger charge is 2.25. The van der Waals surface area contributed by atoms with Crippen molar-refractivity contribution in [3.63, 3.8) is 0 Å². The van der Waals surface area contributed by atoms with Gasteiger partial charge in [0.15, 0.2) is 10.2 Å². The Bertz CT molecular complexity index is 1420. The third-order valence-corrected chi connectivity index (χ3v) is 7.37. The number of aromatic amines is 1. The van der Waals surface area contributed by atoms with Gasteiger partial charge in [0, 0.05) is 22.3 Å². The molecule has 0 fully saturated rings. The van der Waals surface area contributed by atoms with Crippen molar-refractivity contribution >= 4 is 45.9 Å². The van der Waals surface area contributed by atoms with Crippen LogP contribution in [0.4, 0.5) is 10.7 Å². The van der Waals surface area contributed by atoms with E-state index < -0.39 is 0 Å². The molecule has 0 saturated heterocycles. The Morgan fingerprint density at radius 3 is 2.85 bits per heavy atom. The number of benzene rings is 1. The fourth-order valence-corrected chi connectivity index (χ4v) is 5.90. The fraction of sp³-hybridized carbons (Fsp3) is 0.200. The number of hydrogen-bond acceptors (Lipinski definition) is 7. The molecule has 3 heterocycles. The first-order valence-electron chi connectivity index (χ1n) is 11.0. The van der Waals surface area contributed by atoms with Gasteiger partial charge in [-0.25, -0.2) is 9.98 Å². The van der Waals surface area contributed by atoms with E-state index in [9.17, 15) is 9.59 Å². The lowest BCUT2D eigenvalue weighted by molar-refractivity contribution is 0.102. The Balaban J connectivity index is 1.39. The molecule has 0 bridgehead atoms. The summed E-state index contributed by atoms with van der Waals surface area (Å²) in [5.74, 6) is 0.418. The molecule has 1 aliphatic rings. The van der Waals surface area contributed by atoms with Crippen molar-refractivity contribution in [2.75, 3.05) is 5.32 Å². The van der Waals surface area contributed by atoms with Crippen LogP contribution in [0.15, 0.2) is 73.0 Å². The lowest BCUT2D eigenvalue weighted by Gasteiger charge is -2.12. The molecule has 4 aromatic rings. The molecule has 1 aromatic carbocycles. The molecule has 7 nitrogen and oxygen atoms in total. The number of amides is 1. The summed E-state index contributed by atoms with van der Waals surface area (Å²) in [6.07, 6.45) is 5.70. The maximum Gasteiger partial charge on any atom is 0.259 e. The van der Waals surface area contributed by atoms with Crippen molar-refractivity contribution in [2.45, 2.75) is 42.9 Å². The molecule has 2 N–H and O–H groups in total. The molecule has 1 amide bonds. The van der Waals surface area contributed by atoms with Crippen LogP contribution in [0.1, 0.15) is 45.1 Å². The monoisotopic (exact) mass is 490 g/mol. The second-order valence-electron chi connectivity index (χ2n) is 7.92. The SMILES string of the molecule is Cc1cc(=O)[nH]c(Sc2ccc(C=Nc3sc4c(c3C(=O)Nc3ccccc3)CCCC4)o2)n1. The summed E-state index contributed by atoms with van der Waals surface area (Å²) in [4.78, 5) is 37.7. The molecule has 0 radical (unpaired) electrons. The molecule has 0 atom stereocenters. The van der Waals surface area contributed by atoms with Crippen LogP contribution in [0.5, 0.6) is 0 Å². The second kappa shape index (κ2) is 9.82. The number of aliphatic imine (C=N–C) groups is 1. The minimum atomic E-state index is -0.202. The number of carbonyl (C=O) groups excluding carboxylic acids is 1. The first-order chi connectivity index (χ1) is 16.5. The third-order valence-electron chi connectivity index (χ3n) is 5.37. The van der Waals surface area contributed by atoms with E-state index in [1.807, 2.05) is 30.3 Å². The molecule has 5 rings (SSSR count). The molecule has 1 aliphatic carbocycles. The normalized spacial score (nSPS) is 13.2. The van der Waals surface area contributed by atoms with E-state index in [2.05, 4.69) is 20.3 Å². The largest absolute Gasteiger partial charge is 0.448 e. The number of anilines is 1. The van der Waals surface area contributed by atoms with Crippen molar-refractivity contribution < 1.29 is 9.21 Å². The van der Waals surface area contributed by atoms with E-state index in [-0.39, 0.29) is 11.5 Å². The van der Waals surface area contributed by atoms with Crippen molar-refractivity contribution in [1.82, 2.24) is 9.97 Å². The van der Waals surface area contributed by atoms with E-state index in [1.54, 1.807) is 36.6 Å². The van der Waals surface area contributed by atoms with Gasteiger partial charge in [-0.2, -0.15) is 0 Å². The Morgan fingerprint density at radius 1 is 1.21 bits per heavy atom. The summed E-state index contributed by atoms with van der Waals surface area (Å²) in [5, 5.41) is 4.75. The molecule has 172 valence electrons. The lowest BCUT2D eigenvalue weighted by atomic mass is 9.95. The van der Waals surface area contributed by atoms with Crippen LogP contribution in [-0.2, 0) is 12.8 Å². The van der Waals surface area contributed by atoms with Gasteiger partial charge in [-0.1, -0.05) is 18.2 Å². The van der Waals surface area contributed by atoms with Crippen molar-refractivity contribution in [3.8, 4) is 0 Å². The second-order valence-corrected chi connectivity index (χ2v) is 10.00. The number of thiophene rings is 1. The molecule has 0 saturated carbocycles. The number of aryl methyl sites for hydroxylation is 2. The highest BCUT2D eigenvalue weighted by Crippen LogP contribution is 2.40. The molecular formula is C25H22N4O3S2. The molecular weight excluding hydrogens is 468 g/mol. The molecule has 9 heteroatoms. The number of para-hydroxylation sites is 1. The predicted octanol–water partition coefficient (Wildman–Crippen LogP) is 5.77. The van der Waals surface area contributed by atoms with Crippen LogP contribution in [0.2, 0.25) is 0 Å². The Hall–Kier alpha value is -3.43. The van der Waals surface area contributed by atoms with Gasteiger partial charge in [0.05, 0.1) is 11.8 Å². The first kappa shape index (κ1) is 22.4. The van der Waals surface area contributed by atoms with E-state index in [1.165, 1.54) is 22.7 Å². The van der Waals surface area contributed by atoms with Crippen LogP contribution in [0, 0.1) is 6.92 Å².